The second kappa shape index (κ2) is 8.99. The lowest BCUT2D eigenvalue weighted by atomic mass is 9.72. The van der Waals surface area contributed by atoms with E-state index in [1.807, 2.05) is 12.1 Å². The molecule has 1 saturated carbocycles. The van der Waals surface area contributed by atoms with Crippen LogP contribution in [0.15, 0.2) is 36.4 Å². The summed E-state index contributed by atoms with van der Waals surface area (Å²) in [4.78, 5) is 0. The highest BCUT2D eigenvalue weighted by Gasteiger charge is 2.31. The molecule has 0 nitrogen and oxygen atoms in total. The van der Waals surface area contributed by atoms with Gasteiger partial charge >= 0.3 is 0 Å². The van der Waals surface area contributed by atoms with Gasteiger partial charge in [-0.05, 0) is 74.5 Å². The number of hydrogen-bond acceptors (Lipinski definition) is 0. The summed E-state index contributed by atoms with van der Waals surface area (Å²) in [6, 6.07) is 12.0. The fourth-order valence-electron chi connectivity index (χ4n) is 5.11. The van der Waals surface area contributed by atoms with Crippen LogP contribution in [0, 0.1) is 17.7 Å². The molecule has 0 spiro atoms. The van der Waals surface area contributed by atoms with Crippen LogP contribution in [0.3, 0.4) is 0 Å². The summed E-state index contributed by atoms with van der Waals surface area (Å²) < 4.78 is 13.1. The molecule has 0 amide bonds. The van der Waals surface area contributed by atoms with Crippen LogP contribution < -0.4 is 0 Å². The maximum absolute atomic E-state index is 13.1. The number of allylic oxidation sites excluding steroid dienone is 2. The Kier molecular flexibility index (Phi) is 6.71. The average Bonchev–Trinajstić information content (AvgIpc) is 2.63. The topological polar surface area (TPSA) is 0 Å². The van der Waals surface area contributed by atoms with E-state index in [1.54, 1.807) is 24.2 Å². The second-order valence-corrected chi connectivity index (χ2v) is 11.6. The van der Waals surface area contributed by atoms with Gasteiger partial charge in [-0.2, -0.15) is 0 Å². The van der Waals surface area contributed by atoms with E-state index in [0.29, 0.717) is 5.92 Å². The smallest absolute Gasteiger partial charge is 0.123 e. The maximum atomic E-state index is 13.1. The predicted molar refractivity (Wildman–Crippen MR) is 105 cm³/mol. The molecule has 3 rings (SSSR count). The van der Waals surface area contributed by atoms with Crippen LogP contribution in [0.1, 0.15) is 63.4 Å². The zero-order chi connectivity index (χ0) is 16.8. The van der Waals surface area contributed by atoms with Crippen LogP contribution in [-0.2, 0) is 0 Å². The molecule has 0 aromatic heterocycles. The van der Waals surface area contributed by atoms with Crippen molar-refractivity contribution >= 4 is 8.80 Å². The number of rotatable bonds is 5. The summed E-state index contributed by atoms with van der Waals surface area (Å²) in [6.07, 6.45) is 14.4. The minimum atomic E-state index is -0.404. The predicted octanol–water partition coefficient (Wildman–Crippen LogP) is 6.70. The molecule has 132 valence electrons. The molecular formula is C22H33FSi. The van der Waals surface area contributed by atoms with Crippen molar-refractivity contribution in [1.82, 2.24) is 0 Å². The Morgan fingerprint density at radius 3 is 2.21 bits per heavy atom. The molecule has 2 aliphatic rings. The molecule has 1 heterocycles. The number of halogens is 1. The summed E-state index contributed by atoms with van der Waals surface area (Å²) in [6.45, 7) is 2.14. The van der Waals surface area contributed by atoms with E-state index in [2.05, 4.69) is 19.1 Å². The van der Waals surface area contributed by atoms with Crippen molar-refractivity contribution in [3.63, 3.8) is 0 Å². The van der Waals surface area contributed by atoms with E-state index in [9.17, 15) is 4.39 Å². The molecule has 0 bridgehead atoms. The Morgan fingerprint density at radius 1 is 0.958 bits per heavy atom. The SMILES string of the molecule is CC=CCC[SiH]1CCC(C2CCC(c3ccc(F)cc3)CC2)CC1. The van der Waals surface area contributed by atoms with Crippen molar-refractivity contribution in [1.29, 1.82) is 0 Å². The van der Waals surface area contributed by atoms with Crippen LogP contribution in [-0.4, -0.2) is 8.80 Å². The minimum Gasteiger partial charge on any atom is -0.207 e. The lowest BCUT2D eigenvalue weighted by Crippen LogP contribution is -2.28. The molecule has 0 radical (unpaired) electrons. The molecule has 2 fully saturated rings. The summed E-state index contributed by atoms with van der Waals surface area (Å²) in [5.74, 6) is 2.56. The van der Waals surface area contributed by atoms with E-state index in [4.69, 9.17) is 0 Å². The fraction of sp³-hybridized carbons (Fsp3) is 0.636. The van der Waals surface area contributed by atoms with Crippen molar-refractivity contribution in [3.8, 4) is 0 Å². The van der Waals surface area contributed by atoms with Crippen molar-refractivity contribution < 1.29 is 4.39 Å². The first-order valence-corrected chi connectivity index (χ1v) is 12.6. The van der Waals surface area contributed by atoms with E-state index >= 15 is 0 Å². The van der Waals surface area contributed by atoms with E-state index in [0.717, 1.165) is 11.8 Å². The highest BCUT2D eigenvalue weighted by molar-refractivity contribution is 6.59. The monoisotopic (exact) mass is 344 g/mol. The normalized spacial score (nSPS) is 31.4. The molecule has 1 aliphatic carbocycles. The third-order valence-electron chi connectivity index (χ3n) is 6.65. The molecule has 1 aliphatic heterocycles. The quantitative estimate of drug-likeness (QED) is 0.411. The van der Waals surface area contributed by atoms with E-state index in [-0.39, 0.29) is 5.82 Å². The molecule has 0 N–H and O–H groups in total. The Bertz CT molecular complexity index is 505. The molecular weight excluding hydrogens is 311 g/mol. The summed E-state index contributed by atoms with van der Waals surface area (Å²) in [7, 11) is -0.404. The van der Waals surface area contributed by atoms with Gasteiger partial charge in [-0.15, -0.1) is 0 Å². The van der Waals surface area contributed by atoms with Crippen LogP contribution in [0.2, 0.25) is 18.1 Å². The first kappa shape index (κ1) is 17.9. The molecule has 2 heteroatoms. The largest absolute Gasteiger partial charge is 0.207 e. The first-order chi connectivity index (χ1) is 11.8. The second-order valence-electron chi connectivity index (χ2n) is 8.09. The van der Waals surface area contributed by atoms with Gasteiger partial charge in [-0.1, -0.05) is 55.3 Å². The lowest BCUT2D eigenvalue weighted by molar-refractivity contribution is 0.216. The Hall–Kier alpha value is -0.893. The Morgan fingerprint density at radius 2 is 1.58 bits per heavy atom. The summed E-state index contributed by atoms with van der Waals surface area (Å²) in [5, 5.41) is 0. The molecule has 1 saturated heterocycles. The zero-order valence-corrected chi connectivity index (χ0v) is 16.4. The fourth-order valence-corrected chi connectivity index (χ4v) is 8.43. The Balaban J connectivity index is 1.42. The van der Waals surface area contributed by atoms with Gasteiger partial charge < -0.3 is 0 Å². The highest BCUT2D eigenvalue weighted by atomic mass is 28.3. The molecule has 24 heavy (non-hydrogen) atoms. The molecule has 1 aromatic rings. The standard InChI is InChI=1S/C22H33FSi/c1-2-3-4-15-24-16-13-21(14-17-24)19-7-5-18(6-8-19)20-9-11-22(23)12-10-20/h2-3,9-12,18-19,21,24H,4-8,13-17H2,1H3. The molecule has 0 atom stereocenters. The van der Waals surface area contributed by atoms with Gasteiger partial charge in [0, 0.05) is 8.80 Å². The summed E-state index contributed by atoms with van der Waals surface area (Å²) >= 11 is 0. The first-order valence-electron chi connectivity index (χ1n) is 10.1. The minimum absolute atomic E-state index is 0.109. The third kappa shape index (κ3) is 4.81. The van der Waals surface area contributed by atoms with Crippen molar-refractivity contribution in [2.45, 2.75) is 75.9 Å². The van der Waals surface area contributed by atoms with Crippen LogP contribution >= 0.6 is 0 Å². The van der Waals surface area contributed by atoms with Gasteiger partial charge in [0.25, 0.3) is 0 Å². The highest BCUT2D eigenvalue weighted by Crippen LogP contribution is 2.43. The summed E-state index contributed by atoms with van der Waals surface area (Å²) in [5.41, 5.74) is 1.36. The van der Waals surface area contributed by atoms with Gasteiger partial charge in [0.05, 0.1) is 0 Å². The zero-order valence-electron chi connectivity index (χ0n) is 15.2. The van der Waals surface area contributed by atoms with Crippen LogP contribution in [0.5, 0.6) is 0 Å². The van der Waals surface area contributed by atoms with Gasteiger partial charge in [0.15, 0.2) is 0 Å². The Labute approximate surface area is 149 Å². The van der Waals surface area contributed by atoms with Gasteiger partial charge in [-0.3, -0.25) is 0 Å². The third-order valence-corrected chi connectivity index (χ3v) is 10.1. The molecule has 1 aromatic carbocycles. The lowest BCUT2D eigenvalue weighted by Gasteiger charge is -2.37. The van der Waals surface area contributed by atoms with E-state index in [1.165, 1.54) is 56.6 Å². The van der Waals surface area contributed by atoms with Gasteiger partial charge in [-0.25, -0.2) is 4.39 Å². The van der Waals surface area contributed by atoms with Gasteiger partial charge in [0.2, 0.25) is 0 Å². The maximum Gasteiger partial charge on any atom is 0.123 e. The van der Waals surface area contributed by atoms with Crippen LogP contribution in [0.25, 0.3) is 0 Å². The van der Waals surface area contributed by atoms with Crippen molar-refractivity contribution in [2.75, 3.05) is 0 Å². The molecule has 0 unspecified atom stereocenters. The van der Waals surface area contributed by atoms with E-state index < -0.39 is 8.80 Å². The van der Waals surface area contributed by atoms with Crippen molar-refractivity contribution in [2.24, 2.45) is 11.8 Å². The van der Waals surface area contributed by atoms with Crippen molar-refractivity contribution in [3.05, 3.63) is 47.8 Å². The average molecular weight is 345 g/mol. The van der Waals surface area contributed by atoms with Crippen LogP contribution in [0.4, 0.5) is 4.39 Å². The van der Waals surface area contributed by atoms with Gasteiger partial charge in [0.1, 0.15) is 5.82 Å². The number of benzene rings is 1. The number of hydrogen-bond donors (Lipinski definition) is 0.